The molecule has 0 aromatic heterocycles. The van der Waals surface area contributed by atoms with Crippen molar-refractivity contribution in [2.45, 2.75) is 32.2 Å². The minimum Gasteiger partial charge on any atom is -0.486 e. The summed E-state index contributed by atoms with van der Waals surface area (Å²) in [5.41, 5.74) is 1.86. The Hall–Kier alpha value is -3.02. The molecule has 1 heterocycles. The zero-order chi connectivity index (χ0) is 19.2. The van der Waals surface area contributed by atoms with Gasteiger partial charge in [0.1, 0.15) is 13.2 Å². The maximum absolute atomic E-state index is 12.4. The van der Waals surface area contributed by atoms with Crippen molar-refractivity contribution < 1.29 is 24.2 Å². The van der Waals surface area contributed by atoms with Gasteiger partial charge in [0.2, 0.25) is 5.91 Å². The predicted molar refractivity (Wildman–Crippen MR) is 100 cm³/mol. The normalized spacial score (nSPS) is 13.7. The second-order valence-electron chi connectivity index (χ2n) is 6.39. The van der Waals surface area contributed by atoms with Gasteiger partial charge in [0.15, 0.2) is 11.5 Å². The topological polar surface area (TPSA) is 84.9 Å². The Morgan fingerprint density at radius 2 is 1.85 bits per heavy atom. The molecule has 2 aromatic carbocycles. The van der Waals surface area contributed by atoms with E-state index < -0.39 is 5.97 Å². The van der Waals surface area contributed by atoms with Crippen molar-refractivity contribution in [3.05, 3.63) is 59.2 Å². The summed E-state index contributed by atoms with van der Waals surface area (Å²) in [7, 11) is 0. The Kier molecular flexibility index (Phi) is 5.96. The molecule has 6 nitrogen and oxygen atoms in total. The summed E-state index contributed by atoms with van der Waals surface area (Å²) in [6.45, 7) is 3.06. The number of hydrogen-bond donors (Lipinski definition) is 2. The number of aromatic carboxylic acids is 1. The number of carbonyl (C=O) groups excluding carboxylic acids is 1. The number of carboxylic acid groups (broad SMARTS) is 1. The number of fused-ring (bicyclic) bond motifs is 1. The van der Waals surface area contributed by atoms with Crippen molar-refractivity contribution in [2.75, 3.05) is 13.2 Å². The molecule has 0 bridgehead atoms. The number of aryl methyl sites for hydroxylation is 1. The molecular formula is C21H23NO5. The molecule has 142 valence electrons. The fraction of sp³-hybridized carbons (Fsp3) is 0.333. The fourth-order valence-corrected chi connectivity index (χ4v) is 3.16. The first-order valence-corrected chi connectivity index (χ1v) is 9.08. The maximum atomic E-state index is 12.4. The number of nitrogens with one attached hydrogen (secondary N) is 1. The van der Waals surface area contributed by atoms with E-state index in [9.17, 15) is 14.7 Å². The lowest BCUT2D eigenvalue weighted by Crippen LogP contribution is -2.28. The van der Waals surface area contributed by atoms with Crippen molar-refractivity contribution in [3.63, 3.8) is 0 Å². The van der Waals surface area contributed by atoms with Gasteiger partial charge in [0.05, 0.1) is 11.6 Å². The highest BCUT2D eigenvalue weighted by Gasteiger charge is 2.18. The van der Waals surface area contributed by atoms with Gasteiger partial charge in [-0.1, -0.05) is 31.2 Å². The van der Waals surface area contributed by atoms with E-state index in [4.69, 9.17) is 9.47 Å². The van der Waals surface area contributed by atoms with Crippen LogP contribution in [0.1, 0.15) is 47.3 Å². The van der Waals surface area contributed by atoms with E-state index in [0.717, 1.165) is 17.7 Å². The van der Waals surface area contributed by atoms with Gasteiger partial charge in [-0.15, -0.1) is 0 Å². The third-order valence-electron chi connectivity index (χ3n) is 4.58. The summed E-state index contributed by atoms with van der Waals surface area (Å²) in [5, 5.41) is 12.3. The molecule has 0 aliphatic carbocycles. The zero-order valence-electron chi connectivity index (χ0n) is 15.2. The number of rotatable bonds is 7. The average molecular weight is 369 g/mol. The van der Waals surface area contributed by atoms with Crippen LogP contribution in [0.25, 0.3) is 0 Å². The third kappa shape index (κ3) is 4.58. The molecule has 1 atom stereocenters. The lowest BCUT2D eigenvalue weighted by molar-refractivity contribution is -0.121. The van der Waals surface area contributed by atoms with E-state index in [-0.39, 0.29) is 23.9 Å². The monoisotopic (exact) mass is 369 g/mol. The van der Waals surface area contributed by atoms with Crippen LogP contribution in [0.5, 0.6) is 11.5 Å². The number of ether oxygens (including phenoxy) is 2. The molecule has 6 heteroatoms. The highest BCUT2D eigenvalue weighted by Crippen LogP contribution is 2.33. The lowest BCUT2D eigenvalue weighted by Gasteiger charge is -2.22. The second-order valence-corrected chi connectivity index (χ2v) is 6.39. The van der Waals surface area contributed by atoms with Gasteiger partial charge in [-0.05, 0) is 42.2 Å². The summed E-state index contributed by atoms with van der Waals surface area (Å²) in [6, 6.07) is 12.3. The van der Waals surface area contributed by atoms with Crippen LogP contribution < -0.4 is 14.8 Å². The van der Waals surface area contributed by atoms with Crippen molar-refractivity contribution in [2.24, 2.45) is 0 Å². The number of hydrogen-bond acceptors (Lipinski definition) is 4. The highest BCUT2D eigenvalue weighted by atomic mass is 16.6. The zero-order valence-corrected chi connectivity index (χ0v) is 15.2. The van der Waals surface area contributed by atoms with Crippen LogP contribution >= 0.6 is 0 Å². The molecule has 27 heavy (non-hydrogen) atoms. The molecule has 0 radical (unpaired) electrons. The van der Waals surface area contributed by atoms with Crippen molar-refractivity contribution >= 4 is 11.9 Å². The van der Waals surface area contributed by atoms with Crippen LogP contribution in [0.4, 0.5) is 0 Å². The molecular weight excluding hydrogens is 346 g/mol. The van der Waals surface area contributed by atoms with Crippen molar-refractivity contribution in [1.82, 2.24) is 5.32 Å². The van der Waals surface area contributed by atoms with Crippen LogP contribution in [-0.2, 0) is 11.2 Å². The molecule has 0 fully saturated rings. The Balaban J connectivity index is 1.63. The summed E-state index contributed by atoms with van der Waals surface area (Å²) >= 11 is 0. The maximum Gasteiger partial charge on any atom is 0.335 e. The van der Waals surface area contributed by atoms with Gasteiger partial charge in [-0.2, -0.15) is 0 Å². The van der Waals surface area contributed by atoms with Gasteiger partial charge < -0.3 is 19.9 Å². The van der Waals surface area contributed by atoms with Crippen LogP contribution in [0.15, 0.2) is 42.5 Å². The van der Waals surface area contributed by atoms with Crippen LogP contribution in [0.2, 0.25) is 0 Å². The van der Waals surface area contributed by atoms with Gasteiger partial charge in [-0.3, -0.25) is 4.79 Å². The smallest absolute Gasteiger partial charge is 0.335 e. The molecule has 1 amide bonds. The van der Waals surface area contributed by atoms with Crippen LogP contribution in [0, 0.1) is 0 Å². The van der Waals surface area contributed by atoms with E-state index in [0.29, 0.717) is 30.9 Å². The Labute approximate surface area is 158 Å². The molecule has 1 aliphatic heterocycles. The van der Waals surface area contributed by atoms with Crippen LogP contribution in [0.3, 0.4) is 0 Å². The van der Waals surface area contributed by atoms with E-state index in [1.807, 2.05) is 25.1 Å². The van der Waals surface area contributed by atoms with Crippen LogP contribution in [-0.4, -0.2) is 30.2 Å². The summed E-state index contributed by atoms with van der Waals surface area (Å²) in [4.78, 5) is 23.7. The molecule has 2 N–H and O–H groups in total. The quantitative estimate of drug-likeness (QED) is 0.782. The number of carboxylic acids is 1. The summed E-state index contributed by atoms with van der Waals surface area (Å²) in [6.07, 6.45) is 1.34. The van der Waals surface area contributed by atoms with E-state index in [1.54, 1.807) is 24.3 Å². The molecule has 0 saturated carbocycles. The van der Waals surface area contributed by atoms with Crippen molar-refractivity contribution in [3.8, 4) is 11.5 Å². The van der Waals surface area contributed by atoms with Gasteiger partial charge in [0, 0.05) is 6.42 Å². The lowest BCUT2D eigenvalue weighted by atomic mass is 10.0. The number of benzene rings is 2. The molecule has 1 unspecified atom stereocenters. The van der Waals surface area contributed by atoms with E-state index in [2.05, 4.69) is 5.32 Å². The molecule has 3 rings (SSSR count). The first-order chi connectivity index (χ1) is 13.1. The first kappa shape index (κ1) is 18.8. The Morgan fingerprint density at radius 1 is 1.11 bits per heavy atom. The second kappa shape index (κ2) is 8.58. The summed E-state index contributed by atoms with van der Waals surface area (Å²) < 4.78 is 11.1. The standard InChI is InChI=1S/C21H23NO5/c1-2-17(15-7-9-18-19(13-15)27-12-11-26-18)22-20(23)10-8-14-5-3-4-6-16(14)21(24)25/h3-7,9,13,17H,2,8,10-12H2,1H3,(H,22,23)(H,24,25). The van der Waals surface area contributed by atoms with Gasteiger partial charge in [0.25, 0.3) is 0 Å². The Bertz CT molecular complexity index is 833. The minimum absolute atomic E-state index is 0.114. The average Bonchev–Trinajstić information content (AvgIpc) is 2.70. The number of carbonyl (C=O) groups is 2. The highest BCUT2D eigenvalue weighted by molar-refractivity contribution is 5.89. The first-order valence-electron chi connectivity index (χ1n) is 9.08. The summed E-state index contributed by atoms with van der Waals surface area (Å²) in [5.74, 6) is 0.323. The molecule has 1 aliphatic rings. The largest absolute Gasteiger partial charge is 0.486 e. The SMILES string of the molecule is CCC(NC(=O)CCc1ccccc1C(=O)O)c1ccc2c(c1)OCCO2. The minimum atomic E-state index is -0.978. The van der Waals surface area contributed by atoms with E-state index in [1.165, 1.54) is 0 Å². The van der Waals surface area contributed by atoms with Gasteiger partial charge in [-0.25, -0.2) is 4.79 Å². The third-order valence-corrected chi connectivity index (χ3v) is 4.58. The fourth-order valence-electron chi connectivity index (χ4n) is 3.16. The molecule has 2 aromatic rings. The van der Waals surface area contributed by atoms with Gasteiger partial charge >= 0.3 is 5.97 Å². The van der Waals surface area contributed by atoms with E-state index >= 15 is 0 Å². The number of amides is 1. The predicted octanol–water partition coefficient (Wildman–Crippen LogP) is 3.36. The Morgan fingerprint density at radius 3 is 2.59 bits per heavy atom. The molecule has 0 saturated heterocycles. The van der Waals surface area contributed by atoms with Crippen molar-refractivity contribution in [1.29, 1.82) is 0 Å². The molecule has 0 spiro atoms.